The zero-order valence-electron chi connectivity index (χ0n) is 13.2. The van der Waals surface area contributed by atoms with Crippen LogP contribution in [0.25, 0.3) is 0 Å². The minimum Gasteiger partial charge on any atom is -0.409 e. The van der Waals surface area contributed by atoms with Crippen LogP contribution >= 0.6 is 0 Å². The smallest absolute Gasteiger partial charge is 0.236 e. The van der Waals surface area contributed by atoms with Crippen molar-refractivity contribution < 1.29 is 14.7 Å². The molecule has 0 aliphatic rings. The Morgan fingerprint density at radius 2 is 1.85 bits per heavy atom. The molecule has 0 saturated carbocycles. The summed E-state index contributed by atoms with van der Waals surface area (Å²) < 4.78 is 5.04. The van der Waals surface area contributed by atoms with E-state index in [-0.39, 0.29) is 11.7 Å². The summed E-state index contributed by atoms with van der Waals surface area (Å²) in [6, 6.07) is 0. The van der Waals surface area contributed by atoms with Gasteiger partial charge in [-0.2, -0.15) is 0 Å². The summed E-state index contributed by atoms with van der Waals surface area (Å²) >= 11 is 0. The molecule has 0 aromatic heterocycles. The normalized spacial score (nSPS) is 12.5. The highest BCUT2D eigenvalue weighted by Crippen LogP contribution is 2.32. The third-order valence-corrected chi connectivity index (χ3v) is 3.60. The molecule has 0 aromatic carbocycles. The number of rotatable bonds is 10. The van der Waals surface area contributed by atoms with Gasteiger partial charge in [0.25, 0.3) is 0 Å². The Kier molecular flexibility index (Phi) is 8.96. The lowest BCUT2D eigenvalue weighted by Gasteiger charge is -2.35. The van der Waals surface area contributed by atoms with Crippen LogP contribution in [-0.4, -0.2) is 48.7 Å². The van der Waals surface area contributed by atoms with E-state index >= 15 is 0 Å². The number of hydrogen-bond donors (Lipinski definition) is 2. The molecule has 1 amide bonds. The topological polar surface area (TPSA) is 88.2 Å². The molecule has 0 aliphatic heterocycles. The molecule has 0 radical (unpaired) electrons. The molecular weight excluding hydrogens is 258 g/mol. The first-order valence-electron chi connectivity index (χ1n) is 7.30. The molecule has 0 fully saturated rings. The second-order valence-corrected chi connectivity index (χ2v) is 4.94. The minimum absolute atomic E-state index is 0.0158. The Morgan fingerprint density at radius 3 is 2.20 bits per heavy atom. The van der Waals surface area contributed by atoms with Gasteiger partial charge in [-0.05, 0) is 19.8 Å². The predicted octanol–water partition coefficient (Wildman–Crippen LogP) is 1.81. The van der Waals surface area contributed by atoms with Crippen LogP contribution in [0.2, 0.25) is 0 Å². The van der Waals surface area contributed by atoms with E-state index < -0.39 is 5.41 Å². The second-order valence-electron chi connectivity index (χ2n) is 4.94. The molecule has 0 heterocycles. The minimum atomic E-state index is -0.901. The van der Waals surface area contributed by atoms with Gasteiger partial charge in [0.05, 0.1) is 6.61 Å². The largest absolute Gasteiger partial charge is 0.409 e. The monoisotopic (exact) mass is 287 g/mol. The molecular formula is C14H29N3O3. The first-order chi connectivity index (χ1) is 9.53. The first-order valence-corrected chi connectivity index (χ1v) is 7.30. The number of likely N-dealkylation sites (N-methyl/N-ethyl adjacent to an activating group) is 1. The van der Waals surface area contributed by atoms with Gasteiger partial charge in [0.15, 0.2) is 5.84 Å². The van der Waals surface area contributed by atoms with Crippen LogP contribution in [0.1, 0.15) is 46.5 Å². The molecule has 20 heavy (non-hydrogen) atoms. The molecule has 0 spiro atoms. The summed E-state index contributed by atoms with van der Waals surface area (Å²) in [5, 5.41) is 12.2. The number of ether oxygens (including phenoxy) is 1. The van der Waals surface area contributed by atoms with E-state index in [0.29, 0.717) is 32.5 Å². The summed E-state index contributed by atoms with van der Waals surface area (Å²) in [6.07, 6.45) is 2.76. The fourth-order valence-corrected chi connectivity index (χ4v) is 2.56. The highest BCUT2D eigenvalue weighted by molar-refractivity contribution is 6.06. The first kappa shape index (κ1) is 18.7. The highest BCUT2D eigenvalue weighted by Gasteiger charge is 2.43. The molecule has 118 valence electrons. The number of carbonyl (C=O) groups excluding carboxylic acids is 1. The van der Waals surface area contributed by atoms with Crippen LogP contribution in [0.5, 0.6) is 0 Å². The molecule has 0 saturated heterocycles. The number of oxime groups is 1. The van der Waals surface area contributed by atoms with Crippen molar-refractivity contribution in [2.24, 2.45) is 16.3 Å². The number of nitrogens with two attached hydrogens (primary N) is 1. The molecule has 0 aliphatic carbocycles. The van der Waals surface area contributed by atoms with Gasteiger partial charge < -0.3 is 20.6 Å². The molecule has 0 bridgehead atoms. The van der Waals surface area contributed by atoms with E-state index in [0.717, 1.165) is 12.8 Å². The standard InChI is InChI=1S/C14H29N3O3/c1-5-8-14(9-6-2,12(15)16-19)13(18)17(7-3)10-11-20-4/h19H,5-11H2,1-4H3,(H2,15,16). The van der Waals surface area contributed by atoms with Crippen molar-refractivity contribution in [3.8, 4) is 0 Å². The Morgan fingerprint density at radius 1 is 1.30 bits per heavy atom. The Hall–Kier alpha value is -1.30. The summed E-state index contributed by atoms with van der Waals surface area (Å²) in [6.45, 7) is 7.48. The fourth-order valence-electron chi connectivity index (χ4n) is 2.56. The molecule has 0 aromatic rings. The lowest BCUT2D eigenvalue weighted by molar-refractivity contribution is -0.139. The molecule has 0 atom stereocenters. The van der Waals surface area contributed by atoms with Gasteiger partial charge in [-0.1, -0.05) is 31.8 Å². The molecule has 6 heteroatoms. The van der Waals surface area contributed by atoms with E-state index in [2.05, 4.69) is 5.16 Å². The summed E-state index contributed by atoms with van der Waals surface area (Å²) in [5.41, 5.74) is 4.97. The van der Waals surface area contributed by atoms with Gasteiger partial charge in [0.2, 0.25) is 5.91 Å². The maximum Gasteiger partial charge on any atom is 0.236 e. The van der Waals surface area contributed by atoms with Crippen molar-refractivity contribution in [3.63, 3.8) is 0 Å². The zero-order valence-corrected chi connectivity index (χ0v) is 13.2. The lowest BCUT2D eigenvalue weighted by atomic mass is 9.76. The van der Waals surface area contributed by atoms with Crippen molar-refractivity contribution in [1.82, 2.24) is 4.90 Å². The van der Waals surface area contributed by atoms with E-state index in [9.17, 15) is 4.79 Å². The van der Waals surface area contributed by atoms with Gasteiger partial charge >= 0.3 is 0 Å². The Labute approximate surface area is 122 Å². The van der Waals surface area contributed by atoms with Crippen molar-refractivity contribution in [1.29, 1.82) is 0 Å². The van der Waals surface area contributed by atoms with Crippen molar-refractivity contribution in [2.75, 3.05) is 26.8 Å². The van der Waals surface area contributed by atoms with Crippen LogP contribution in [0, 0.1) is 5.41 Å². The summed E-state index contributed by atoms with van der Waals surface area (Å²) in [4.78, 5) is 14.6. The van der Waals surface area contributed by atoms with Crippen molar-refractivity contribution in [2.45, 2.75) is 46.5 Å². The maximum absolute atomic E-state index is 12.9. The second kappa shape index (κ2) is 9.58. The third-order valence-electron chi connectivity index (χ3n) is 3.60. The van der Waals surface area contributed by atoms with Gasteiger partial charge in [-0.25, -0.2) is 0 Å². The van der Waals surface area contributed by atoms with Crippen LogP contribution in [0.3, 0.4) is 0 Å². The van der Waals surface area contributed by atoms with Crippen LogP contribution in [-0.2, 0) is 9.53 Å². The summed E-state index contributed by atoms with van der Waals surface area (Å²) in [7, 11) is 1.60. The van der Waals surface area contributed by atoms with Gasteiger partial charge in [0.1, 0.15) is 5.41 Å². The lowest BCUT2D eigenvalue weighted by Crippen LogP contribution is -2.52. The highest BCUT2D eigenvalue weighted by atomic mass is 16.5. The van der Waals surface area contributed by atoms with Gasteiger partial charge in [-0.15, -0.1) is 0 Å². The van der Waals surface area contributed by atoms with E-state index in [4.69, 9.17) is 15.7 Å². The SMILES string of the molecule is CCCC(CCC)(C(=O)N(CC)CCOC)C(N)=NO. The number of methoxy groups -OCH3 is 1. The summed E-state index contributed by atoms with van der Waals surface area (Å²) in [5.74, 6) is -0.0573. The maximum atomic E-state index is 12.9. The fraction of sp³-hybridized carbons (Fsp3) is 0.857. The van der Waals surface area contributed by atoms with Gasteiger partial charge in [0, 0.05) is 20.2 Å². The van der Waals surface area contributed by atoms with Crippen molar-refractivity contribution in [3.05, 3.63) is 0 Å². The number of carbonyl (C=O) groups is 1. The molecule has 0 unspecified atom stereocenters. The molecule has 3 N–H and O–H groups in total. The molecule has 0 rings (SSSR count). The predicted molar refractivity (Wildman–Crippen MR) is 79.8 cm³/mol. The van der Waals surface area contributed by atoms with E-state index in [1.165, 1.54) is 0 Å². The number of nitrogens with zero attached hydrogens (tertiary/aromatic N) is 2. The third kappa shape index (κ3) is 4.37. The zero-order chi connectivity index (χ0) is 15.6. The van der Waals surface area contributed by atoms with Crippen LogP contribution in [0.4, 0.5) is 0 Å². The Balaban J connectivity index is 5.40. The average Bonchev–Trinajstić information content (AvgIpc) is 2.46. The van der Waals surface area contributed by atoms with E-state index in [1.807, 2.05) is 20.8 Å². The Bertz CT molecular complexity index is 313. The number of amides is 1. The van der Waals surface area contributed by atoms with Gasteiger partial charge in [-0.3, -0.25) is 4.79 Å². The molecule has 6 nitrogen and oxygen atoms in total. The van der Waals surface area contributed by atoms with Crippen LogP contribution in [0.15, 0.2) is 5.16 Å². The quantitative estimate of drug-likeness (QED) is 0.277. The number of hydrogen-bond acceptors (Lipinski definition) is 4. The average molecular weight is 287 g/mol. The van der Waals surface area contributed by atoms with E-state index in [1.54, 1.807) is 12.0 Å². The van der Waals surface area contributed by atoms with Crippen molar-refractivity contribution >= 4 is 11.7 Å². The number of amidine groups is 1. The van der Waals surface area contributed by atoms with Crippen LogP contribution < -0.4 is 5.73 Å².